The van der Waals surface area contributed by atoms with E-state index in [-0.39, 0.29) is 12.1 Å². The van der Waals surface area contributed by atoms with Crippen molar-refractivity contribution in [1.82, 2.24) is 10.5 Å². The molecule has 0 saturated carbocycles. The molecule has 2 aliphatic heterocycles. The quantitative estimate of drug-likeness (QED) is 0.559. The summed E-state index contributed by atoms with van der Waals surface area (Å²) in [6.45, 7) is 2.51. The average Bonchev–Trinajstić information content (AvgIpc) is 2.64. The molecule has 2 rings (SSSR count). The molecule has 0 aromatic heterocycles. The third-order valence-electron chi connectivity index (χ3n) is 3.55. The number of hydrogen-bond acceptors (Lipinski definition) is 5. The first-order valence-electron chi connectivity index (χ1n) is 6.69. The summed E-state index contributed by atoms with van der Waals surface area (Å²) in [5.41, 5.74) is 2.36. The molecular formula is C12H25N4O2+. The lowest BCUT2D eigenvalue weighted by Gasteiger charge is -2.30. The predicted molar refractivity (Wildman–Crippen MR) is 69.3 cm³/mol. The Morgan fingerprint density at radius 3 is 2.89 bits per heavy atom. The van der Waals surface area contributed by atoms with Crippen LogP contribution in [0.25, 0.3) is 0 Å². The molecule has 0 spiro atoms. The maximum absolute atomic E-state index is 9.29. The molecule has 104 valence electrons. The first kappa shape index (κ1) is 13.6. The van der Waals surface area contributed by atoms with E-state index in [1.165, 1.54) is 12.8 Å². The molecule has 0 amide bonds. The topological polar surface area (TPSA) is 57.1 Å². The zero-order chi connectivity index (χ0) is 13.2. The summed E-state index contributed by atoms with van der Waals surface area (Å²) in [7, 11) is 6.39. The second-order valence-electron chi connectivity index (χ2n) is 6.13. The molecule has 0 aliphatic carbocycles. The Morgan fingerprint density at radius 1 is 1.44 bits per heavy atom. The zero-order valence-corrected chi connectivity index (χ0v) is 11.6. The highest BCUT2D eigenvalue weighted by Gasteiger charge is 2.39. The lowest BCUT2D eigenvalue weighted by atomic mass is 9.99. The Balaban J connectivity index is 1.90. The van der Waals surface area contributed by atoms with Crippen LogP contribution >= 0.6 is 0 Å². The van der Waals surface area contributed by atoms with Gasteiger partial charge in [0.15, 0.2) is 0 Å². The van der Waals surface area contributed by atoms with Crippen molar-refractivity contribution < 1.29 is 14.4 Å². The number of quaternary nitrogens is 1. The van der Waals surface area contributed by atoms with Gasteiger partial charge in [0.1, 0.15) is 19.2 Å². The van der Waals surface area contributed by atoms with Gasteiger partial charge in [-0.2, -0.15) is 5.48 Å². The number of hydrazone groups is 1. The van der Waals surface area contributed by atoms with E-state index in [9.17, 15) is 5.21 Å². The summed E-state index contributed by atoms with van der Waals surface area (Å²) < 4.78 is 6.60. The van der Waals surface area contributed by atoms with Crippen molar-refractivity contribution in [1.29, 1.82) is 0 Å². The Hall–Kier alpha value is -0.850. The van der Waals surface area contributed by atoms with E-state index < -0.39 is 0 Å². The van der Waals surface area contributed by atoms with Crippen LogP contribution in [-0.4, -0.2) is 73.5 Å². The zero-order valence-electron chi connectivity index (χ0n) is 11.6. The second kappa shape index (κ2) is 5.42. The Bertz CT molecular complexity index is 314. The van der Waals surface area contributed by atoms with Gasteiger partial charge in [0.05, 0.1) is 27.2 Å². The number of hydrogen-bond donors (Lipinski definition) is 2. The largest absolute Gasteiger partial charge is 0.472 e. The summed E-state index contributed by atoms with van der Waals surface area (Å²) >= 11 is 0. The molecule has 6 heteroatoms. The number of nitrogens with one attached hydrogen (secondary N) is 1. The predicted octanol–water partition coefficient (Wildman–Crippen LogP) is 0.238. The van der Waals surface area contributed by atoms with Crippen molar-refractivity contribution in [3.05, 3.63) is 0 Å². The van der Waals surface area contributed by atoms with E-state index in [1.54, 1.807) is 0 Å². The monoisotopic (exact) mass is 257 g/mol. The molecule has 2 heterocycles. The minimum atomic E-state index is -0.169. The van der Waals surface area contributed by atoms with Crippen LogP contribution < -0.4 is 5.48 Å². The van der Waals surface area contributed by atoms with Crippen LogP contribution in [0.1, 0.15) is 19.3 Å². The molecule has 0 bridgehead atoms. The lowest BCUT2D eigenvalue weighted by Crippen LogP contribution is -2.48. The first-order valence-corrected chi connectivity index (χ1v) is 6.69. The van der Waals surface area contributed by atoms with E-state index in [1.807, 2.05) is 0 Å². The summed E-state index contributed by atoms with van der Waals surface area (Å²) in [5, 5.41) is 15.8. The fourth-order valence-corrected chi connectivity index (χ4v) is 2.44. The number of nitrogens with zero attached hydrogens (tertiary/aromatic N) is 3. The second-order valence-corrected chi connectivity index (χ2v) is 6.13. The van der Waals surface area contributed by atoms with Crippen molar-refractivity contribution in [2.45, 2.75) is 31.3 Å². The van der Waals surface area contributed by atoms with E-state index >= 15 is 0 Å². The standard InChI is InChI=1S/C12H25N4O2/c1-16(2,3)8-9-18-12-11(14-17)10-6-4-5-7-15(10)13-12/h10-11,14,17H,4-9H2,1-3H3/q+1. The molecule has 0 aromatic rings. The van der Waals surface area contributed by atoms with Gasteiger partial charge < -0.3 is 14.4 Å². The number of piperidine rings is 1. The molecule has 2 aliphatic rings. The highest BCUT2D eigenvalue weighted by Crippen LogP contribution is 2.26. The van der Waals surface area contributed by atoms with Crippen LogP contribution in [0.15, 0.2) is 5.10 Å². The van der Waals surface area contributed by atoms with Crippen LogP contribution in [0.4, 0.5) is 0 Å². The minimum absolute atomic E-state index is 0.169. The number of likely N-dealkylation sites (N-methyl/N-ethyl adjacent to an activating group) is 1. The molecule has 2 N–H and O–H groups in total. The van der Waals surface area contributed by atoms with Gasteiger partial charge in [0.25, 0.3) is 0 Å². The highest BCUT2D eigenvalue weighted by molar-refractivity contribution is 5.84. The van der Waals surface area contributed by atoms with Crippen LogP contribution in [-0.2, 0) is 4.74 Å². The molecule has 0 radical (unpaired) electrons. The van der Waals surface area contributed by atoms with Crippen LogP contribution in [0.3, 0.4) is 0 Å². The molecule has 1 fully saturated rings. The van der Waals surface area contributed by atoms with E-state index in [2.05, 4.69) is 36.7 Å². The number of ether oxygens (including phenoxy) is 1. The van der Waals surface area contributed by atoms with E-state index in [4.69, 9.17) is 4.74 Å². The number of hydroxylamine groups is 1. The molecule has 2 atom stereocenters. The average molecular weight is 257 g/mol. The third-order valence-corrected chi connectivity index (χ3v) is 3.55. The van der Waals surface area contributed by atoms with Crippen LogP contribution in [0.2, 0.25) is 0 Å². The summed E-state index contributed by atoms with van der Waals surface area (Å²) in [5.74, 6) is 0.637. The number of rotatable bonds is 4. The van der Waals surface area contributed by atoms with Crippen molar-refractivity contribution in [2.24, 2.45) is 5.10 Å². The van der Waals surface area contributed by atoms with Gasteiger partial charge in [-0.3, -0.25) is 5.01 Å². The highest BCUT2D eigenvalue weighted by atomic mass is 16.5. The van der Waals surface area contributed by atoms with E-state index in [0.717, 1.165) is 24.0 Å². The van der Waals surface area contributed by atoms with Gasteiger partial charge in [-0.25, -0.2) is 0 Å². The third kappa shape index (κ3) is 3.13. The molecule has 2 unspecified atom stereocenters. The normalized spacial score (nSPS) is 28.0. The summed E-state index contributed by atoms with van der Waals surface area (Å²) in [4.78, 5) is 0. The smallest absolute Gasteiger partial charge is 0.228 e. The lowest BCUT2D eigenvalue weighted by molar-refractivity contribution is -0.870. The van der Waals surface area contributed by atoms with Gasteiger partial charge in [-0.1, -0.05) is 0 Å². The Morgan fingerprint density at radius 2 is 2.22 bits per heavy atom. The van der Waals surface area contributed by atoms with Gasteiger partial charge in [-0.05, 0) is 19.3 Å². The van der Waals surface area contributed by atoms with Crippen LogP contribution in [0, 0.1) is 0 Å². The molecular weight excluding hydrogens is 232 g/mol. The number of fused-ring (bicyclic) bond motifs is 1. The molecule has 6 nitrogen and oxygen atoms in total. The van der Waals surface area contributed by atoms with Gasteiger partial charge in [-0.15, -0.1) is 5.10 Å². The summed E-state index contributed by atoms with van der Waals surface area (Å²) in [6, 6.07) is 0.0839. The van der Waals surface area contributed by atoms with Crippen molar-refractivity contribution in [3.63, 3.8) is 0 Å². The van der Waals surface area contributed by atoms with Crippen molar-refractivity contribution in [3.8, 4) is 0 Å². The molecule has 18 heavy (non-hydrogen) atoms. The van der Waals surface area contributed by atoms with Crippen molar-refractivity contribution in [2.75, 3.05) is 40.8 Å². The maximum Gasteiger partial charge on any atom is 0.228 e. The minimum Gasteiger partial charge on any atom is -0.472 e. The van der Waals surface area contributed by atoms with Gasteiger partial charge >= 0.3 is 0 Å². The first-order chi connectivity index (χ1) is 8.51. The Kier molecular flexibility index (Phi) is 4.09. The fraction of sp³-hybridized carbons (Fsp3) is 0.917. The fourth-order valence-electron chi connectivity index (χ4n) is 2.44. The molecule has 0 aromatic carbocycles. The van der Waals surface area contributed by atoms with Gasteiger partial charge in [0.2, 0.25) is 5.90 Å². The van der Waals surface area contributed by atoms with E-state index in [0.29, 0.717) is 12.5 Å². The van der Waals surface area contributed by atoms with Crippen LogP contribution in [0.5, 0.6) is 0 Å². The van der Waals surface area contributed by atoms with Crippen molar-refractivity contribution >= 4 is 5.90 Å². The molecule has 1 saturated heterocycles. The summed E-state index contributed by atoms with van der Waals surface area (Å²) in [6.07, 6.45) is 3.43. The SMILES string of the molecule is C[N+](C)(C)CCOC1=NN2CCCCC2C1NO. The maximum atomic E-state index is 9.29. The Labute approximate surface area is 109 Å². The van der Waals surface area contributed by atoms with Gasteiger partial charge in [0, 0.05) is 6.54 Å².